The second-order valence-corrected chi connectivity index (χ2v) is 10.8. The Kier molecular flexibility index (Phi) is 7.09. The van der Waals surface area contributed by atoms with Gasteiger partial charge in [0.25, 0.3) is 0 Å². The van der Waals surface area contributed by atoms with E-state index in [2.05, 4.69) is 53.7 Å². The summed E-state index contributed by atoms with van der Waals surface area (Å²) in [6.45, 7) is 7.75. The number of nitrogens with zero attached hydrogens (tertiary/aromatic N) is 4. The van der Waals surface area contributed by atoms with Gasteiger partial charge in [0.15, 0.2) is 0 Å². The molecular formula is C27H32N6O3S. The predicted octanol–water partition coefficient (Wildman–Crippen LogP) is 3.76. The number of rotatable bonds is 7. The molecule has 37 heavy (non-hydrogen) atoms. The number of hydrogen-bond donors (Lipinski definition) is 5. The highest BCUT2D eigenvalue weighted by atomic mass is 32.1. The van der Waals surface area contributed by atoms with Gasteiger partial charge >= 0.3 is 0 Å². The summed E-state index contributed by atoms with van der Waals surface area (Å²) in [7, 11) is 0. The third-order valence-electron chi connectivity index (χ3n) is 7.08. The molecule has 0 saturated heterocycles. The van der Waals surface area contributed by atoms with Gasteiger partial charge in [-0.15, -0.1) is 11.3 Å². The summed E-state index contributed by atoms with van der Waals surface area (Å²) in [5, 5.41) is 38.2. The van der Waals surface area contributed by atoms with E-state index in [-0.39, 0.29) is 12.6 Å². The summed E-state index contributed by atoms with van der Waals surface area (Å²) < 4.78 is 1.01. The lowest BCUT2D eigenvalue weighted by Gasteiger charge is -2.22. The summed E-state index contributed by atoms with van der Waals surface area (Å²) in [6, 6.07) is 9.72. The first-order valence-electron chi connectivity index (χ1n) is 12.4. The van der Waals surface area contributed by atoms with E-state index in [4.69, 9.17) is 15.0 Å². The summed E-state index contributed by atoms with van der Waals surface area (Å²) in [4.78, 5) is 18.8. The van der Waals surface area contributed by atoms with Crippen LogP contribution in [0.5, 0.6) is 0 Å². The number of aliphatic hydroxyl groups is 3. The number of pyridine rings is 1. The molecule has 5 N–H and O–H groups in total. The molecule has 5 rings (SSSR count). The molecule has 1 fully saturated rings. The Balaban J connectivity index is 1.54. The molecule has 0 aliphatic heterocycles. The Bertz CT molecular complexity index is 1410. The number of aryl methyl sites for hydroxylation is 3. The van der Waals surface area contributed by atoms with Crippen LogP contribution in [0.1, 0.15) is 41.9 Å². The van der Waals surface area contributed by atoms with Gasteiger partial charge < -0.3 is 26.0 Å². The molecule has 4 aromatic rings. The van der Waals surface area contributed by atoms with Crippen LogP contribution in [0.15, 0.2) is 36.5 Å². The molecular weight excluding hydrogens is 488 g/mol. The van der Waals surface area contributed by atoms with Crippen LogP contribution in [-0.4, -0.2) is 60.1 Å². The van der Waals surface area contributed by atoms with Crippen molar-refractivity contribution in [1.82, 2.24) is 19.9 Å². The Labute approximate surface area is 219 Å². The van der Waals surface area contributed by atoms with Gasteiger partial charge in [-0.25, -0.2) is 9.97 Å². The van der Waals surface area contributed by atoms with E-state index in [0.29, 0.717) is 18.2 Å². The Morgan fingerprint density at radius 3 is 2.43 bits per heavy atom. The molecule has 0 radical (unpaired) electrons. The normalized spacial score (nSPS) is 22.4. The molecule has 0 spiro atoms. The maximum atomic E-state index is 10.7. The molecule has 0 amide bonds. The van der Waals surface area contributed by atoms with Crippen molar-refractivity contribution in [3.05, 3.63) is 59.0 Å². The molecule has 0 bridgehead atoms. The van der Waals surface area contributed by atoms with E-state index in [0.717, 1.165) is 37.7 Å². The maximum absolute atomic E-state index is 10.7. The zero-order valence-electron chi connectivity index (χ0n) is 21.3. The zero-order chi connectivity index (χ0) is 26.3. The number of anilines is 2. The highest BCUT2D eigenvalue weighted by molar-refractivity contribution is 7.21. The van der Waals surface area contributed by atoms with Crippen LogP contribution >= 0.6 is 11.3 Å². The largest absolute Gasteiger partial charge is 0.396 e. The van der Waals surface area contributed by atoms with E-state index >= 15 is 0 Å². The van der Waals surface area contributed by atoms with Crippen molar-refractivity contribution in [3.8, 4) is 10.6 Å². The van der Waals surface area contributed by atoms with Crippen LogP contribution in [-0.2, 0) is 0 Å². The molecule has 9 nitrogen and oxygen atoms in total. The molecule has 3 heterocycles. The van der Waals surface area contributed by atoms with Crippen molar-refractivity contribution >= 4 is 33.3 Å². The van der Waals surface area contributed by atoms with Crippen LogP contribution in [0.4, 0.5) is 11.8 Å². The summed E-state index contributed by atoms with van der Waals surface area (Å²) in [5.41, 5.74) is 5.45. The second kappa shape index (κ2) is 10.3. The molecule has 5 atom stereocenters. The van der Waals surface area contributed by atoms with E-state index in [9.17, 15) is 15.3 Å². The number of aromatic nitrogens is 4. The fraction of sp³-hybridized carbons (Fsp3) is 0.407. The lowest BCUT2D eigenvalue weighted by atomic mass is 10.1. The van der Waals surface area contributed by atoms with Gasteiger partial charge in [0.1, 0.15) is 22.4 Å². The second-order valence-electron chi connectivity index (χ2n) is 9.81. The summed E-state index contributed by atoms with van der Waals surface area (Å²) in [6.07, 6.45) is 0.133. The summed E-state index contributed by atoms with van der Waals surface area (Å²) in [5.74, 6) is 0.558. The van der Waals surface area contributed by atoms with Crippen LogP contribution in [0, 0.1) is 26.7 Å². The van der Waals surface area contributed by atoms with Crippen molar-refractivity contribution < 1.29 is 15.3 Å². The number of nitrogens with one attached hydrogen (secondary N) is 2. The molecule has 194 valence electrons. The zero-order valence-corrected chi connectivity index (χ0v) is 22.1. The maximum Gasteiger partial charge on any atom is 0.225 e. The number of aliphatic hydroxyl groups excluding tert-OH is 3. The third-order valence-corrected chi connectivity index (χ3v) is 8.11. The number of benzene rings is 1. The van der Waals surface area contributed by atoms with Crippen molar-refractivity contribution in [2.45, 2.75) is 58.4 Å². The van der Waals surface area contributed by atoms with Crippen molar-refractivity contribution in [2.24, 2.45) is 5.92 Å². The van der Waals surface area contributed by atoms with Crippen LogP contribution in [0.2, 0.25) is 0 Å². The van der Waals surface area contributed by atoms with Gasteiger partial charge in [0, 0.05) is 18.7 Å². The van der Waals surface area contributed by atoms with Crippen LogP contribution < -0.4 is 10.6 Å². The molecule has 1 saturated carbocycles. The van der Waals surface area contributed by atoms with Gasteiger partial charge in [-0.1, -0.05) is 29.8 Å². The lowest BCUT2D eigenvalue weighted by molar-refractivity contribution is 0.00446. The Morgan fingerprint density at radius 1 is 1.00 bits per heavy atom. The molecule has 0 unspecified atom stereocenters. The minimum atomic E-state index is -1.04. The fourth-order valence-electron chi connectivity index (χ4n) is 4.84. The molecule has 1 aliphatic rings. The standard InChI is InChI=1S/C27H32N6O3S/c1-13-5-7-17(8-6-13)14(2)29-27-30-15(3)21(26-32-22-16(4)28-10-9-20(22)37-26)25(33-27)31-19-11-18(12-34)23(35)24(19)36/h5-10,14,18-19,23-24,34-36H,11-12H2,1-4H3,(H2,29,30,31,33)/t14-,18-,19-,23-,24+/m1/s1. The van der Waals surface area contributed by atoms with Gasteiger partial charge in [-0.2, -0.15) is 4.98 Å². The molecule has 1 aromatic carbocycles. The minimum absolute atomic E-state index is 0.0347. The first kappa shape index (κ1) is 25.5. The van der Waals surface area contributed by atoms with Crippen molar-refractivity contribution in [2.75, 3.05) is 17.2 Å². The first-order valence-corrected chi connectivity index (χ1v) is 13.2. The van der Waals surface area contributed by atoms with Crippen molar-refractivity contribution in [1.29, 1.82) is 0 Å². The average molecular weight is 521 g/mol. The van der Waals surface area contributed by atoms with Gasteiger partial charge in [0.2, 0.25) is 5.95 Å². The third kappa shape index (κ3) is 5.02. The van der Waals surface area contributed by atoms with E-state index in [1.165, 1.54) is 16.9 Å². The molecule has 3 aromatic heterocycles. The van der Waals surface area contributed by atoms with Crippen molar-refractivity contribution in [3.63, 3.8) is 0 Å². The summed E-state index contributed by atoms with van der Waals surface area (Å²) >= 11 is 1.53. The smallest absolute Gasteiger partial charge is 0.225 e. The highest BCUT2D eigenvalue weighted by Crippen LogP contribution is 2.38. The van der Waals surface area contributed by atoms with Gasteiger partial charge in [-0.05, 0) is 45.7 Å². The number of thiazole rings is 1. The highest BCUT2D eigenvalue weighted by Gasteiger charge is 2.41. The molecule has 1 aliphatic carbocycles. The quantitative estimate of drug-likeness (QED) is 0.247. The van der Waals surface area contributed by atoms with Crippen LogP contribution in [0.25, 0.3) is 20.8 Å². The molecule has 10 heteroatoms. The van der Waals surface area contributed by atoms with E-state index < -0.39 is 24.2 Å². The predicted molar refractivity (Wildman–Crippen MR) is 146 cm³/mol. The Morgan fingerprint density at radius 2 is 1.76 bits per heavy atom. The SMILES string of the molecule is Cc1ccc([C@@H](C)Nc2nc(C)c(-c3nc4c(C)nccc4s3)c(N[C@@H]3C[C@H](CO)[C@@H](O)[C@H]3O)n2)cc1. The lowest BCUT2D eigenvalue weighted by Crippen LogP contribution is -2.35. The average Bonchev–Trinajstić information content (AvgIpc) is 3.41. The van der Waals surface area contributed by atoms with E-state index in [1.807, 2.05) is 19.9 Å². The monoisotopic (exact) mass is 520 g/mol. The van der Waals surface area contributed by atoms with Gasteiger partial charge in [0.05, 0.1) is 39.8 Å². The topological polar surface area (TPSA) is 136 Å². The van der Waals surface area contributed by atoms with E-state index in [1.54, 1.807) is 6.20 Å². The fourth-order valence-corrected chi connectivity index (χ4v) is 5.95. The van der Waals surface area contributed by atoms with Gasteiger partial charge in [-0.3, -0.25) is 4.98 Å². The minimum Gasteiger partial charge on any atom is -0.396 e. The van der Waals surface area contributed by atoms with Crippen LogP contribution in [0.3, 0.4) is 0 Å². The first-order chi connectivity index (χ1) is 17.7. The Hall–Kier alpha value is -3.18. The number of hydrogen-bond acceptors (Lipinski definition) is 10. The number of fused-ring (bicyclic) bond motifs is 1.